The van der Waals surface area contributed by atoms with Gasteiger partial charge in [0.05, 0.1) is 37.3 Å². The number of morpholine rings is 1. The summed E-state index contributed by atoms with van der Waals surface area (Å²) in [7, 11) is 0. The molecule has 0 unspecified atom stereocenters. The minimum atomic E-state index is 0.0234. The molecule has 1 aromatic heterocycles. The van der Waals surface area contributed by atoms with E-state index in [1.807, 2.05) is 41.0 Å². The van der Waals surface area contributed by atoms with Crippen molar-refractivity contribution in [2.45, 2.75) is 33.4 Å². The van der Waals surface area contributed by atoms with Crippen LogP contribution >= 0.6 is 0 Å². The maximum atomic E-state index is 13.2. The van der Waals surface area contributed by atoms with Gasteiger partial charge in [0.25, 0.3) is 5.56 Å². The van der Waals surface area contributed by atoms with E-state index < -0.39 is 0 Å². The van der Waals surface area contributed by atoms with Gasteiger partial charge >= 0.3 is 0 Å². The van der Waals surface area contributed by atoms with Gasteiger partial charge in [-0.25, -0.2) is 4.98 Å². The zero-order valence-corrected chi connectivity index (χ0v) is 17.8. The Labute approximate surface area is 177 Å². The van der Waals surface area contributed by atoms with Gasteiger partial charge in [-0.3, -0.25) is 14.3 Å². The predicted octanol–water partition coefficient (Wildman–Crippen LogP) is 3.31. The standard InChI is InChI=1S/C24H29N3O3/c1-18-14-19(2)16-20(15-18)30-11-5-8-27-23(17-26-9-12-29-13-10-26)25-22-7-4-3-6-21(22)24(27)28/h3-4,6-7,14-16H,5,8-13,17H2,1-2H3. The normalized spacial score (nSPS) is 14.9. The molecule has 0 atom stereocenters. The summed E-state index contributed by atoms with van der Waals surface area (Å²) in [6.07, 6.45) is 0.739. The number of aryl methyl sites for hydroxylation is 2. The first-order chi connectivity index (χ1) is 14.6. The molecule has 1 aliphatic heterocycles. The van der Waals surface area contributed by atoms with Crippen LogP contribution < -0.4 is 10.3 Å². The largest absolute Gasteiger partial charge is 0.494 e. The van der Waals surface area contributed by atoms with Crippen molar-refractivity contribution in [2.24, 2.45) is 0 Å². The summed E-state index contributed by atoms with van der Waals surface area (Å²) >= 11 is 0. The number of ether oxygens (including phenoxy) is 2. The average molecular weight is 408 g/mol. The van der Waals surface area contributed by atoms with Gasteiger partial charge in [-0.05, 0) is 55.7 Å². The highest BCUT2D eigenvalue weighted by Crippen LogP contribution is 2.17. The Morgan fingerprint density at radius 2 is 1.80 bits per heavy atom. The SMILES string of the molecule is Cc1cc(C)cc(OCCCn2c(CN3CCOCC3)nc3ccccc3c2=O)c1. The van der Waals surface area contributed by atoms with Gasteiger partial charge < -0.3 is 9.47 Å². The first kappa shape index (κ1) is 20.6. The number of benzene rings is 2. The van der Waals surface area contributed by atoms with Crippen LogP contribution in [0, 0.1) is 13.8 Å². The van der Waals surface area contributed by atoms with E-state index in [9.17, 15) is 4.79 Å². The lowest BCUT2D eigenvalue weighted by molar-refractivity contribution is 0.0324. The fraction of sp³-hybridized carbons (Fsp3) is 0.417. The van der Waals surface area contributed by atoms with Crippen LogP contribution in [-0.4, -0.2) is 47.4 Å². The maximum Gasteiger partial charge on any atom is 0.261 e. The van der Waals surface area contributed by atoms with Crippen LogP contribution in [0.15, 0.2) is 47.3 Å². The molecule has 2 aromatic carbocycles. The summed E-state index contributed by atoms with van der Waals surface area (Å²) in [5.74, 6) is 1.69. The van der Waals surface area contributed by atoms with Gasteiger partial charge in [-0.15, -0.1) is 0 Å². The molecule has 0 saturated carbocycles. The highest BCUT2D eigenvalue weighted by atomic mass is 16.5. The zero-order chi connectivity index (χ0) is 20.9. The Bertz CT molecular complexity index is 1050. The molecule has 0 amide bonds. The van der Waals surface area contributed by atoms with Crippen molar-refractivity contribution < 1.29 is 9.47 Å². The van der Waals surface area contributed by atoms with Crippen LogP contribution in [0.3, 0.4) is 0 Å². The van der Waals surface area contributed by atoms with E-state index in [1.54, 1.807) is 0 Å². The Morgan fingerprint density at radius 1 is 1.07 bits per heavy atom. The molecular weight excluding hydrogens is 378 g/mol. The molecular formula is C24H29N3O3. The number of nitrogens with zero attached hydrogens (tertiary/aromatic N) is 3. The number of hydrogen-bond donors (Lipinski definition) is 0. The van der Waals surface area contributed by atoms with Crippen LogP contribution in [0.1, 0.15) is 23.4 Å². The minimum absolute atomic E-state index is 0.0234. The summed E-state index contributed by atoms with van der Waals surface area (Å²) in [6, 6.07) is 13.8. The van der Waals surface area contributed by atoms with E-state index >= 15 is 0 Å². The Hall–Kier alpha value is -2.70. The van der Waals surface area contributed by atoms with E-state index in [2.05, 4.69) is 24.8 Å². The lowest BCUT2D eigenvalue weighted by atomic mass is 10.1. The second-order valence-electron chi connectivity index (χ2n) is 7.92. The van der Waals surface area contributed by atoms with Crippen molar-refractivity contribution >= 4 is 10.9 Å². The molecule has 158 valence electrons. The first-order valence-corrected chi connectivity index (χ1v) is 10.6. The third-order valence-corrected chi connectivity index (χ3v) is 5.40. The number of rotatable bonds is 7. The van der Waals surface area contributed by atoms with Crippen molar-refractivity contribution in [3.8, 4) is 5.75 Å². The predicted molar refractivity (Wildman–Crippen MR) is 118 cm³/mol. The van der Waals surface area contributed by atoms with Crippen molar-refractivity contribution in [3.63, 3.8) is 0 Å². The summed E-state index contributed by atoms with van der Waals surface area (Å²) in [5, 5.41) is 0.665. The van der Waals surface area contributed by atoms with Crippen molar-refractivity contribution in [1.82, 2.24) is 14.5 Å². The summed E-state index contributed by atoms with van der Waals surface area (Å²) in [6.45, 7) is 9.10. The average Bonchev–Trinajstić information content (AvgIpc) is 2.73. The zero-order valence-electron chi connectivity index (χ0n) is 17.8. The summed E-state index contributed by atoms with van der Waals surface area (Å²) in [5.41, 5.74) is 3.16. The van der Waals surface area contributed by atoms with Crippen LogP contribution in [0.4, 0.5) is 0 Å². The van der Waals surface area contributed by atoms with Crippen molar-refractivity contribution in [1.29, 1.82) is 0 Å². The van der Waals surface area contributed by atoms with Crippen LogP contribution in [0.2, 0.25) is 0 Å². The van der Waals surface area contributed by atoms with Crippen LogP contribution in [0.25, 0.3) is 10.9 Å². The van der Waals surface area contributed by atoms with Crippen LogP contribution in [0.5, 0.6) is 5.75 Å². The van der Waals surface area contributed by atoms with Gasteiger partial charge in [0.1, 0.15) is 11.6 Å². The lowest BCUT2D eigenvalue weighted by Gasteiger charge is -2.27. The molecule has 1 saturated heterocycles. The molecule has 1 aliphatic rings. The third kappa shape index (κ3) is 4.89. The molecule has 2 heterocycles. The number of fused-ring (bicyclic) bond motifs is 1. The lowest BCUT2D eigenvalue weighted by Crippen LogP contribution is -2.38. The fourth-order valence-corrected chi connectivity index (χ4v) is 3.95. The maximum absolute atomic E-state index is 13.2. The van der Waals surface area contributed by atoms with E-state index in [0.29, 0.717) is 25.1 Å². The summed E-state index contributed by atoms with van der Waals surface area (Å²) in [4.78, 5) is 20.3. The number of para-hydroxylation sites is 1. The van der Waals surface area contributed by atoms with Crippen molar-refractivity contribution in [2.75, 3.05) is 32.9 Å². The molecule has 0 spiro atoms. The van der Waals surface area contributed by atoms with Gasteiger partial charge in [-0.1, -0.05) is 18.2 Å². The quantitative estimate of drug-likeness (QED) is 0.563. The molecule has 0 aliphatic carbocycles. The van der Waals surface area contributed by atoms with Gasteiger partial charge in [-0.2, -0.15) is 0 Å². The second-order valence-corrected chi connectivity index (χ2v) is 7.92. The molecule has 30 heavy (non-hydrogen) atoms. The van der Waals surface area contributed by atoms with Gasteiger partial charge in [0, 0.05) is 19.6 Å². The molecule has 1 fully saturated rings. The van der Waals surface area contributed by atoms with Crippen LogP contribution in [-0.2, 0) is 17.8 Å². The number of aromatic nitrogens is 2. The van der Waals surface area contributed by atoms with E-state index in [0.717, 1.165) is 49.8 Å². The molecule has 0 bridgehead atoms. The smallest absolute Gasteiger partial charge is 0.261 e. The molecule has 6 heteroatoms. The van der Waals surface area contributed by atoms with Gasteiger partial charge in [0.15, 0.2) is 0 Å². The molecule has 4 rings (SSSR count). The topological polar surface area (TPSA) is 56.6 Å². The Morgan fingerprint density at radius 3 is 2.57 bits per heavy atom. The Balaban J connectivity index is 1.51. The van der Waals surface area contributed by atoms with Crippen molar-refractivity contribution in [3.05, 3.63) is 69.8 Å². The van der Waals surface area contributed by atoms with E-state index in [4.69, 9.17) is 14.5 Å². The fourth-order valence-electron chi connectivity index (χ4n) is 3.95. The Kier molecular flexibility index (Phi) is 6.45. The highest BCUT2D eigenvalue weighted by molar-refractivity contribution is 5.77. The van der Waals surface area contributed by atoms with E-state index in [-0.39, 0.29) is 5.56 Å². The molecule has 6 nitrogen and oxygen atoms in total. The summed E-state index contributed by atoms with van der Waals surface area (Å²) < 4.78 is 13.2. The first-order valence-electron chi connectivity index (χ1n) is 10.6. The monoisotopic (exact) mass is 407 g/mol. The second kappa shape index (κ2) is 9.41. The highest BCUT2D eigenvalue weighted by Gasteiger charge is 2.16. The minimum Gasteiger partial charge on any atom is -0.494 e. The van der Waals surface area contributed by atoms with E-state index in [1.165, 1.54) is 11.1 Å². The molecule has 0 radical (unpaired) electrons. The number of hydrogen-bond acceptors (Lipinski definition) is 5. The molecule has 3 aromatic rings. The van der Waals surface area contributed by atoms with Gasteiger partial charge in [0.2, 0.25) is 0 Å². The third-order valence-electron chi connectivity index (χ3n) is 5.40. The molecule has 0 N–H and O–H groups in total.